The number of aryl methyl sites for hydroxylation is 1. The third-order valence-electron chi connectivity index (χ3n) is 5.42. The van der Waals surface area contributed by atoms with Crippen LogP contribution in [0.15, 0.2) is 61.5 Å². The van der Waals surface area contributed by atoms with Gasteiger partial charge in [-0.1, -0.05) is 82.9 Å². The van der Waals surface area contributed by atoms with Crippen LogP contribution in [0.25, 0.3) is 0 Å². The first-order valence-electron chi connectivity index (χ1n) is 12.3. The van der Waals surface area contributed by atoms with E-state index in [0.29, 0.717) is 0 Å². The van der Waals surface area contributed by atoms with Crippen molar-refractivity contribution in [2.24, 2.45) is 0 Å². The second-order valence-electron chi connectivity index (χ2n) is 8.31. The Labute approximate surface area is 186 Å². The van der Waals surface area contributed by atoms with Gasteiger partial charge in [-0.15, -0.1) is 0 Å². The highest BCUT2D eigenvalue weighted by Gasteiger charge is 1.98. The lowest BCUT2D eigenvalue weighted by Gasteiger charge is -2.10. The first-order valence-corrected chi connectivity index (χ1v) is 12.3. The minimum Gasteiger partial charge on any atom is -0.391 e. The predicted molar refractivity (Wildman–Crippen MR) is 136 cm³/mol. The van der Waals surface area contributed by atoms with Gasteiger partial charge in [0.2, 0.25) is 0 Å². The van der Waals surface area contributed by atoms with Crippen molar-refractivity contribution in [2.75, 3.05) is 11.9 Å². The lowest BCUT2D eigenvalue weighted by molar-refractivity contribution is 0.581. The molecule has 0 bridgehead atoms. The Kier molecular flexibility index (Phi) is 16.5. The molecule has 2 heteroatoms. The summed E-state index contributed by atoms with van der Waals surface area (Å²) in [7, 11) is 0. The minimum atomic E-state index is 1.05. The van der Waals surface area contributed by atoms with Gasteiger partial charge >= 0.3 is 0 Å². The van der Waals surface area contributed by atoms with Gasteiger partial charge in [-0.3, -0.25) is 0 Å². The molecular weight excluding hydrogens is 364 g/mol. The monoisotopic (exact) mass is 410 g/mol. The highest BCUT2D eigenvalue weighted by molar-refractivity contribution is 5.48. The normalized spacial score (nSPS) is 11.0. The SMILES string of the molecule is C=CNCCCC/C=C\CCCCCCCCCC(=C)Nc1ccc(CCC)cc1. The molecule has 168 valence electrons. The van der Waals surface area contributed by atoms with Gasteiger partial charge in [0.1, 0.15) is 0 Å². The van der Waals surface area contributed by atoms with Crippen LogP contribution in [-0.4, -0.2) is 6.54 Å². The maximum absolute atomic E-state index is 4.19. The fraction of sp³-hybridized carbons (Fsp3) is 0.571. The molecule has 0 fully saturated rings. The van der Waals surface area contributed by atoms with E-state index in [0.717, 1.165) is 25.1 Å². The van der Waals surface area contributed by atoms with Crippen LogP contribution in [0.1, 0.15) is 96.0 Å². The van der Waals surface area contributed by atoms with Crippen molar-refractivity contribution < 1.29 is 0 Å². The molecule has 1 aromatic rings. The zero-order valence-electron chi connectivity index (χ0n) is 19.6. The number of benzene rings is 1. The lowest BCUT2D eigenvalue weighted by atomic mass is 10.1. The Hall–Kier alpha value is -1.96. The van der Waals surface area contributed by atoms with E-state index in [1.165, 1.54) is 88.3 Å². The predicted octanol–water partition coefficient (Wildman–Crippen LogP) is 8.54. The summed E-state index contributed by atoms with van der Waals surface area (Å²) in [6.07, 6.45) is 24.3. The summed E-state index contributed by atoms with van der Waals surface area (Å²) < 4.78 is 0. The van der Waals surface area contributed by atoms with Crippen molar-refractivity contribution in [1.29, 1.82) is 0 Å². The molecule has 0 unspecified atom stereocenters. The van der Waals surface area contributed by atoms with Gasteiger partial charge in [-0.25, -0.2) is 0 Å². The molecule has 0 radical (unpaired) electrons. The van der Waals surface area contributed by atoms with Crippen molar-refractivity contribution in [3.05, 3.63) is 67.0 Å². The van der Waals surface area contributed by atoms with Gasteiger partial charge in [-0.2, -0.15) is 0 Å². The van der Waals surface area contributed by atoms with E-state index in [2.05, 4.69) is 67.1 Å². The maximum Gasteiger partial charge on any atom is 0.0381 e. The molecule has 0 aliphatic rings. The zero-order chi connectivity index (χ0) is 21.7. The third-order valence-corrected chi connectivity index (χ3v) is 5.42. The number of hydrogen-bond donors (Lipinski definition) is 2. The Morgan fingerprint density at radius 3 is 2.07 bits per heavy atom. The number of nitrogens with one attached hydrogen (secondary N) is 2. The number of allylic oxidation sites excluding steroid dienone is 3. The van der Waals surface area contributed by atoms with Crippen LogP contribution in [0.3, 0.4) is 0 Å². The van der Waals surface area contributed by atoms with Crippen molar-refractivity contribution in [2.45, 2.75) is 96.8 Å². The van der Waals surface area contributed by atoms with E-state index in [-0.39, 0.29) is 0 Å². The molecule has 0 amide bonds. The standard InChI is InChI=1S/C28H46N2/c1-4-19-27-21-23-28(24-22-27)30-26(3)20-17-15-13-11-9-7-6-8-10-12-14-16-18-25-29-5-2/h5,10,12,21-24,29-30H,2-4,6-9,11,13-20,25H2,1H3/b12-10-. The molecule has 0 aliphatic heterocycles. The molecule has 0 atom stereocenters. The maximum atomic E-state index is 4.19. The van der Waals surface area contributed by atoms with Crippen LogP contribution in [0.5, 0.6) is 0 Å². The molecule has 0 heterocycles. The summed E-state index contributed by atoms with van der Waals surface area (Å²) >= 11 is 0. The minimum absolute atomic E-state index is 1.05. The van der Waals surface area contributed by atoms with E-state index in [9.17, 15) is 0 Å². The molecule has 2 N–H and O–H groups in total. The summed E-state index contributed by atoms with van der Waals surface area (Å²) in [5.74, 6) is 0. The molecule has 0 saturated carbocycles. The van der Waals surface area contributed by atoms with Crippen LogP contribution < -0.4 is 10.6 Å². The van der Waals surface area contributed by atoms with Crippen LogP contribution in [0.2, 0.25) is 0 Å². The topological polar surface area (TPSA) is 24.1 Å². The lowest BCUT2D eigenvalue weighted by Crippen LogP contribution is -2.05. The van der Waals surface area contributed by atoms with Gasteiger partial charge in [0.15, 0.2) is 0 Å². The Bertz CT molecular complexity index is 571. The molecule has 0 spiro atoms. The highest BCUT2D eigenvalue weighted by atomic mass is 14.9. The van der Waals surface area contributed by atoms with Gasteiger partial charge < -0.3 is 10.6 Å². The van der Waals surface area contributed by atoms with Gasteiger partial charge in [0, 0.05) is 17.9 Å². The summed E-state index contributed by atoms with van der Waals surface area (Å²) in [5, 5.41) is 6.60. The van der Waals surface area contributed by atoms with Crippen molar-refractivity contribution in [3.63, 3.8) is 0 Å². The molecule has 0 aromatic heterocycles. The Balaban J connectivity index is 1.88. The molecule has 0 saturated heterocycles. The first-order chi connectivity index (χ1) is 14.8. The van der Waals surface area contributed by atoms with Crippen molar-refractivity contribution in [1.82, 2.24) is 5.32 Å². The molecule has 2 nitrogen and oxygen atoms in total. The van der Waals surface area contributed by atoms with Gasteiger partial charge in [-0.05, 0) is 75.3 Å². The Morgan fingerprint density at radius 2 is 1.43 bits per heavy atom. The van der Waals surface area contributed by atoms with Crippen LogP contribution in [0.4, 0.5) is 5.69 Å². The van der Waals surface area contributed by atoms with Crippen LogP contribution in [-0.2, 0) is 6.42 Å². The summed E-state index contributed by atoms with van der Waals surface area (Å²) in [5.41, 5.74) is 3.72. The number of hydrogen-bond acceptors (Lipinski definition) is 2. The number of anilines is 1. The Morgan fingerprint density at radius 1 is 0.833 bits per heavy atom. The number of unbranched alkanes of at least 4 members (excludes halogenated alkanes) is 9. The molecule has 0 aliphatic carbocycles. The number of rotatable bonds is 20. The molecule has 1 aromatic carbocycles. The van der Waals surface area contributed by atoms with Crippen LogP contribution in [0, 0.1) is 0 Å². The quantitative estimate of drug-likeness (QED) is 0.166. The fourth-order valence-electron chi connectivity index (χ4n) is 3.62. The van der Waals surface area contributed by atoms with Gasteiger partial charge in [0.25, 0.3) is 0 Å². The zero-order valence-corrected chi connectivity index (χ0v) is 19.6. The smallest absolute Gasteiger partial charge is 0.0381 e. The third kappa shape index (κ3) is 15.0. The van der Waals surface area contributed by atoms with E-state index in [1.54, 1.807) is 6.20 Å². The summed E-state index contributed by atoms with van der Waals surface area (Å²) in [6.45, 7) is 11.1. The molecule has 30 heavy (non-hydrogen) atoms. The largest absolute Gasteiger partial charge is 0.391 e. The second-order valence-corrected chi connectivity index (χ2v) is 8.31. The highest BCUT2D eigenvalue weighted by Crippen LogP contribution is 2.16. The van der Waals surface area contributed by atoms with E-state index in [4.69, 9.17) is 0 Å². The van der Waals surface area contributed by atoms with E-state index < -0.39 is 0 Å². The molecule has 1 rings (SSSR count). The van der Waals surface area contributed by atoms with Crippen LogP contribution >= 0.6 is 0 Å². The van der Waals surface area contributed by atoms with E-state index in [1.807, 2.05) is 0 Å². The summed E-state index contributed by atoms with van der Waals surface area (Å²) in [4.78, 5) is 0. The summed E-state index contributed by atoms with van der Waals surface area (Å²) in [6, 6.07) is 8.79. The first kappa shape index (κ1) is 26.1. The molecular formula is C28H46N2. The fourth-order valence-corrected chi connectivity index (χ4v) is 3.62. The second kappa shape index (κ2) is 19.0. The van der Waals surface area contributed by atoms with Crippen molar-refractivity contribution >= 4 is 5.69 Å². The van der Waals surface area contributed by atoms with E-state index >= 15 is 0 Å². The van der Waals surface area contributed by atoms with Gasteiger partial charge in [0.05, 0.1) is 0 Å². The average Bonchev–Trinajstić information content (AvgIpc) is 2.75. The van der Waals surface area contributed by atoms with Crippen molar-refractivity contribution in [3.8, 4) is 0 Å². The average molecular weight is 411 g/mol.